The lowest BCUT2D eigenvalue weighted by Crippen LogP contribution is -2.31. The number of ether oxygens (including phenoxy) is 3. The van der Waals surface area contributed by atoms with Crippen molar-refractivity contribution >= 4 is 0 Å². The SMILES string of the molecule is COc1ccc(C2NCCc3c2ccc(OC)c3OC)cc1C(C)C. The van der Waals surface area contributed by atoms with E-state index in [1.165, 1.54) is 22.3 Å². The first kappa shape index (κ1) is 17.6. The summed E-state index contributed by atoms with van der Waals surface area (Å²) >= 11 is 0. The minimum absolute atomic E-state index is 0.145. The van der Waals surface area contributed by atoms with Crippen LogP contribution in [-0.2, 0) is 6.42 Å². The average Bonchev–Trinajstić information content (AvgIpc) is 2.65. The van der Waals surface area contributed by atoms with E-state index < -0.39 is 0 Å². The molecule has 2 aromatic carbocycles. The first-order valence-corrected chi connectivity index (χ1v) is 8.75. The molecular weight excluding hydrogens is 314 g/mol. The van der Waals surface area contributed by atoms with Crippen molar-refractivity contribution in [1.29, 1.82) is 0 Å². The Kier molecular flexibility index (Phi) is 5.19. The molecule has 25 heavy (non-hydrogen) atoms. The number of rotatable bonds is 5. The Labute approximate surface area is 150 Å². The van der Waals surface area contributed by atoms with E-state index in [0.717, 1.165) is 30.2 Å². The summed E-state index contributed by atoms with van der Waals surface area (Å²) in [5.41, 5.74) is 4.96. The first-order valence-electron chi connectivity index (χ1n) is 8.75. The molecule has 2 aromatic rings. The number of hydrogen-bond acceptors (Lipinski definition) is 4. The Morgan fingerprint density at radius 2 is 1.68 bits per heavy atom. The third kappa shape index (κ3) is 3.19. The van der Waals surface area contributed by atoms with Crippen molar-refractivity contribution < 1.29 is 14.2 Å². The van der Waals surface area contributed by atoms with Crippen LogP contribution in [0.5, 0.6) is 17.2 Å². The maximum atomic E-state index is 5.64. The summed E-state index contributed by atoms with van der Waals surface area (Å²) in [5.74, 6) is 2.99. The molecule has 1 aliphatic rings. The molecule has 134 valence electrons. The number of benzene rings is 2. The van der Waals surface area contributed by atoms with E-state index in [1.807, 2.05) is 6.07 Å². The van der Waals surface area contributed by atoms with Crippen LogP contribution in [0.3, 0.4) is 0 Å². The molecule has 1 aliphatic heterocycles. The zero-order valence-electron chi connectivity index (χ0n) is 15.7. The zero-order chi connectivity index (χ0) is 18.0. The smallest absolute Gasteiger partial charge is 0.164 e. The van der Waals surface area contributed by atoms with Crippen LogP contribution in [0.4, 0.5) is 0 Å². The molecule has 4 heteroatoms. The predicted molar refractivity (Wildman–Crippen MR) is 100 cm³/mol. The van der Waals surface area contributed by atoms with E-state index in [4.69, 9.17) is 14.2 Å². The summed E-state index contributed by atoms with van der Waals surface area (Å²) in [5, 5.41) is 3.65. The number of fused-ring (bicyclic) bond motifs is 1. The third-order valence-corrected chi connectivity index (χ3v) is 4.93. The fraction of sp³-hybridized carbons (Fsp3) is 0.429. The average molecular weight is 341 g/mol. The van der Waals surface area contributed by atoms with E-state index in [0.29, 0.717) is 5.92 Å². The van der Waals surface area contributed by atoms with Gasteiger partial charge in [0.1, 0.15) is 5.75 Å². The van der Waals surface area contributed by atoms with Crippen LogP contribution in [-0.4, -0.2) is 27.9 Å². The summed E-state index contributed by atoms with van der Waals surface area (Å²) in [7, 11) is 5.12. The lowest BCUT2D eigenvalue weighted by molar-refractivity contribution is 0.348. The first-order chi connectivity index (χ1) is 12.1. The molecule has 0 aliphatic carbocycles. The summed E-state index contributed by atoms with van der Waals surface area (Å²) < 4.78 is 16.6. The van der Waals surface area contributed by atoms with Crippen molar-refractivity contribution in [2.75, 3.05) is 27.9 Å². The van der Waals surface area contributed by atoms with Gasteiger partial charge in [-0.15, -0.1) is 0 Å². The van der Waals surface area contributed by atoms with Crippen LogP contribution in [0.25, 0.3) is 0 Å². The standard InChI is InChI=1S/C21H27NO3/c1-13(2)17-12-14(6-8-18(17)23-3)20-15-7-9-19(24-4)21(25-5)16(15)10-11-22-20/h6-9,12-13,20,22H,10-11H2,1-5H3. The number of hydrogen-bond donors (Lipinski definition) is 1. The van der Waals surface area contributed by atoms with Crippen molar-refractivity contribution in [3.8, 4) is 17.2 Å². The van der Waals surface area contributed by atoms with E-state index in [9.17, 15) is 0 Å². The Bertz CT molecular complexity index is 755. The van der Waals surface area contributed by atoms with Crippen molar-refractivity contribution in [1.82, 2.24) is 5.32 Å². The lowest BCUT2D eigenvalue weighted by atomic mass is 9.87. The van der Waals surface area contributed by atoms with Crippen molar-refractivity contribution in [3.05, 3.63) is 52.6 Å². The molecule has 1 atom stereocenters. The Hall–Kier alpha value is -2.20. The van der Waals surface area contributed by atoms with Crippen molar-refractivity contribution in [3.63, 3.8) is 0 Å². The van der Waals surface area contributed by atoms with Gasteiger partial charge in [-0.3, -0.25) is 0 Å². The van der Waals surface area contributed by atoms with Gasteiger partial charge in [0.25, 0.3) is 0 Å². The van der Waals surface area contributed by atoms with Gasteiger partial charge in [-0.25, -0.2) is 0 Å². The summed E-state index contributed by atoms with van der Waals surface area (Å²) in [6.45, 7) is 5.29. The van der Waals surface area contributed by atoms with Crippen LogP contribution in [0.2, 0.25) is 0 Å². The molecule has 1 N–H and O–H groups in total. The zero-order valence-corrected chi connectivity index (χ0v) is 15.7. The summed E-state index contributed by atoms with van der Waals surface area (Å²) in [6.07, 6.45) is 0.930. The van der Waals surface area contributed by atoms with Gasteiger partial charge in [0.05, 0.1) is 27.4 Å². The van der Waals surface area contributed by atoms with Gasteiger partial charge < -0.3 is 19.5 Å². The molecule has 0 spiro atoms. The Morgan fingerprint density at radius 3 is 2.32 bits per heavy atom. The molecule has 4 nitrogen and oxygen atoms in total. The molecular formula is C21H27NO3. The second kappa shape index (κ2) is 7.36. The van der Waals surface area contributed by atoms with Crippen LogP contribution in [0.1, 0.15) is 48.1 Å². The number of methoxy groups -OCH3 is 3. The van der Waals surface area contributed by atoms with Crippen molar-refractivity contribution in [2.45, 2.75) is 32.2 Å². The van der Waals surface area contributed by atoms with Gasteiger partial charge in [0.2, 0.25) is 0 Å². The molecule has 0 saturated carbocycles. The molecule has 1 unspecified atom stereocenters. The van der Waals surface area contributed by atoms with Crippen LogP contribution < -0.4 is 19.5 Å². The van der Waals surface area contributed by atoms with Gasteiger partial charge in [0, 0.05) is 12.1 Å². The molecule has 0 bridgehead atoms. The summed E-state index contributed by atoms with van der Waals surface area (Å²) in [4.78, 5) is 0. The Morgan fingerprint density at radius 1 is 0.960 bits per heavy atom. The highest BCUT2D eigenvalue weighted by molar-refractivity contribution is 5.55. The Balaban J connectivity index is 2.08. The minimum atomic E-state index is 0.145. The van der Waals surface area contributed by atoms with E-state index in [1.54, 1.807) is 21.3 Å². The molecule has 0 radical (unpaired) electrons. The quantitative estimate of drug-likeness (QED) is 0.890. The maximum Gasteiger partial charge on any atom is 0.164 e. The highest BCUT2D eigenvalue weighted by atomic mass is 16.5. The largest absolute Gasteiger partial charge is 0.496 e. The second-order valence-electron chi connectivity index (χ2n) is 6.66. The monoisotopic (exact) mass is 341 g/mol. The normalized spacial score (nSPS) is 16.5. The predicted octanol–water partition coefficient (Wildman–Crippen LogP) is 4.07. The van der Waals surface area contributed by atoms with E-state index in [2.05, 4.69) is 43.4 Å². The van der Waals surface area contributed by atoms with Gasteiger partial charge >= 0.3 is 0 Å². The molecule has 0 amide bonds. The van der Waals surface area contributed by atoms with Crippen molar-refractivity contribution in [2.24, 2.45) is 0 Å². The number of nitrogens with one attached hydrogen (secondary N) is 1. The van der Waals surface area contributed by atoms with E-state index >= 15 is 0 Å². The second-order valence-corrected chi connectivity index (χ2v) is 6.66. The van der Waals surface area contributed by atoms with Gasteiger partial charge in [-0.1, -0.05) is 26.0 Å². The topological polar surface area (TPSA) is 39.7 Å². The van der Waals surface area contributed by atoms with E-state index in [-0.39, 0.29) is 6.04 Å². The molecule has 1 heterocycles. The molecule has 0 fully saturated rings. The highest BCUT2D eigenvalue weighted by Crippen LogP contribution is 2.40. The van der Waals surface area contributed by atoms with Gasteiger partial charge in [-0.05, 0) is 47.2 Å². The highest BCUT2D eigenvalue weighted by Gasteiger charge is 2.26. The van der Waals surface area contributed by atoms with Crippen LogP contribution >= 0.6 is 0 Å². The van der Waals surface area contributed by atoms with Crippen LogP contribution in [0.15, 0.2) is 30.3 Å². The van der Waals surface area contributed by atoms with Gasteiger partial charge in [0.15, 0.2) is 11.5 Å². The maximum absolute atomic E-state index is 5.64. The fourth-order valence-electron chi connectivity index (χ4n) is 3.67. The van der Waals surface area contributed by atoms with Gasteiger partial charge in [-0.2, -0.15) is 0 Å². The molecule has 3 rings (SSSR count). The third-order valence-electron chi connectivity index (χ3n) is 4.93. The minimum Gasteiger partial charge on any atom is -0.496 e. The van der Waals surface area contributed by atoms with Crippen LogP contribution in [0, 0.1) is 0 Å². The fourth-order valence-corrected chi connectivity index (χ4v) is 3.67. The molecule has 0 saturated heterocycles. The lowest BCUT2D eigenvalue weighted by Gasteiger charge is -2.30. The molecule has 0 aromatic heterocycles. The summed E-state index contributed by atoms with van der Waals surface area (Å²) in [6, 6.07) is 10.8.